The highest BCUT2D eigenvalue weighted by Gasteiger charge is 2.03. The van der Waals surface area contributed by atoms with Crippen LogP contribution in [0.3, 0.4) is 0 Å². The minimum Gasteiger partial charge on any atom is -0.295 e. The first-order chi connectivity index (χ1) is 5.83. The molecule has 0 aromatic carbocycles. The van der Waals surface area contributed by atoms with Crippen LogP contribution in [0.5, 0.6) is 0 Å². The Morgan fingerprint density at radius 1 is 1.50 bits per heavy atom. The summed E-state index contributed by atoms with van der Waals surface area (Å²) in [7, 11) is 0. The first-order valence-electron chi connectivity index (χ1n) is 4.08. The van der Waals surface area contributed by atoms with Gasteiger partial charge in [0.05, 0.1) is 0 Å². The average Bonchev–Trinajstić information content (AvgIpc) is 2.05. The van der Waals surface area contributed by atoms with Gasteiger partial charge in [-0.1, -0.05) is 12.2 Å². The number of rotatable bonds is 4. The van der Waals surface area contributed by atoms with Crippen LogP contribution in [0.4, 0.5) is 0 Å². The molecule has 12 heavy (non-hydrogen) atoms. The van der Waals surface area contributed by atoms with Gasteiger partial charge in [0.15, 0.2) is 12.1 Å². The van der Waals surface area contributed by atoms with Crippen molar-refractivity contribution in [3.63, 3.8) is 0 Å². The van der Waals surface area contributed by atoms with Crippen molar-refractivity contribution in [2.24, 2.45) is 0 Å². The van der Waals surface area contributed by atoms with Crippen molar-refractivity contribution >= 4 is 12.1 Å². The molecule has 0 atom stereocenters. The van der Waals surface area contributed by atoms with Gasteiger partial charge in [0.25, 0.3) is 0 Å². The fourth-order valence-corrected chi connectivity index (χ4v) is 1.16. The third kappa shape index (κ3) is 2.82. The van der Waals surface area contributed by atoms with Gasteiger partial charge in [0.1, 0.15) is 0 Å². The van der Waals surface area contributed by atoms with E-state index < -0.39 is 0 Å². The minimum atomic E-state index is 0.155. The van der Waals surface area contributed by atoms with Crippen molar-refractivity contribution in [2.45, 2.75) is 25.7 Å². The van der Waals surface area contributed by atoms with Crippen LogP contribution in [-0.2, 0) is 9.59 Å². The molecule has 0 saturated heterocycles. The van der Waals surface area contributed by atoms with Crippen molar-refractivity contribution in [2.75, 3.05) is 0 Å². The van der Waals surface area contributed by atoms with E-state index in [2.05, 4.69) is 0 Å². The van der Waals surface area contributed by atoms with Crippen molar-refractivity contribution < 1.29 is 9.59 Å². The molecule has 1 rings (SSSR count). The van der Waals surface area contributed by atoms with Gasteiger partial charge in [-0.3, -0.25) is 9.59 Å². The van der Waals surface area contributed by atoms with Gasteiger partial charge in [-0.05, 0) is 24.5 Å². The molecule has 63 valence electrons. The molecule has 2 heteroatoms. The Morgan fingerprint density at radius 2 is 2.33 bits per heavy atom. The summed E-state index contributed by atoms with van der Waals surface area (Å²) in [6.45, 7) is 0. The molecule has 0 aromatic rings. The lowest BCUT2D eigenvalue weighted by molar-refractivity contribution is -0.113. The number of hydrogen-bond donors (Lipinski definition) is 0. The third-order valence-corrected chi connectivity index (χ3v) is 1.74. The van der Waals surface area contributed by atoms with Gasteiger partial charge < -0.3 is 0 Å². The number of allylic oxidation sites excluding steroid dienone is 4. The summed E-state index contributed by atoms with van der Waals surface area (Å²) in [6.07, 6.45) is 9.87. The summed E-state index contributed by atoms with van der Waals surface area (Å²) < 4.78 is 0. The molecule has 0 spiro atoms. The predicted octanol–water partition coefficient (Wildman–Crippen LogP) is 1.72. The quantitative estimate of drug-likeness (QED) is 0.591. The molecular formula is C10H11O2. The van der Waals surface area contributed by atoms with E-state index in [4.69, 9.17) is 0 Å². The second-order valence-corrected chi connectivity index (χ2v) is 2.79. The second kappa shape index (κ2) is 4.65. The summed E-state index contributed by atoms with van der Waals surface area (Å²) in [5.74, 6) is 0.155. The van der Waals surface area contributed by atoms with E-state index in [1.807, 2.05) is 18.4 Å². The molecule has 0 N–H and O–H groups in total. The monoisotopic (exact) mass is 163 g/mol. The first-order valence-corrected chi connectivity index (χ1v) is 4.08. The Bertz CT molecular complexity index is 236. The maximum Gasteiger partial charge on any atom is 0.198 e. The van der Waals surface area contributed by atoms with Gasteiger partial charge in [0.2, 0.25) is 0 Å². The first kappa shape index (κ1) is 8.91. The van der Waals surface area contributed by atoms with Crippen LogP contribution in [0.25, 0.3) is 0 Å². The fourth-order valence-electron chi connectivity index (χ4n) is 1.16. The highest BCUT2D eigenvalue weighted by molar-refractivity contribution is 5.93. The summed E-state index contributed by atoms with van der Waals surface area (Å²) in [5.41, 5.74) is 1.03. The molecule has 1 radical (unpaired) electrons. The van der Waals surface area contributed by atoms with E-state index in [1.165, 1.54) is 0 Å². The van der Waals surface area contributed by atoms with Gasteiger partial charge in [-0.2, -0.15) is 0 Å². The molecule has 1 aliphatic carbocycles. The number of ketones is 1. The van der Waals surface area contributed by atoms with E-state index in [0.29, 0.717) is 12.8 Å². The van der Waals surface area contributed by atoms with Gasteiger partial charge in [0, 0.05) is 12.8 Å². The number of unbranched alkanes of at least 4 members (excludes halogenated alkanes) is 1. The van der Waals surface area contributed by atoms with Gasteiger partial charge in [-0.15, -0.1) is 0 Å². The van der Waals surface area contributed by atoms with Crippen LogP contribution in [0.2, 0.25) is 0 Å². The summed E-state index contributed by atoms with van der Waals surface area (Å²) in [4.78, 5) is 20.8. The standard InChI is InChI=1S/C10H11O2/c11-7-2-1-4-9-5-3-6-10(12)8-9/h3,5,8H,1-2,4,6H2. The smallest absolute Gasteiger partial charge is 0.198 e. The SMILES string of the molecule is O=[C]CCCC1=CC(=O)CC=C1. The van der Waals surface area contributed by atoms with E-state index in [-0.39, 0.29) is 5.78 Å². The summed E-state index contributed by atoms with van der Waals surface area (Å²) >= 11 is 0. The molecule has 0 unspecified atom stereocenters. The van der Waals surface area contributed by atoms with Crippen LogP contribution in [-0.4, -0.2) is 12.1 Å². The van der Waals surface area contributed by atoms with Crippen LogP contribution < -0.4 is 0 Å². The third-order valence-electron chi connectivity index (χ3n) is 1.74. The highest BCUT2D eigenvalue weighted by atomic mass is 16.1. The highest BCUT2D eigenvalue weighted by Crippen LogP contribution is 2.13. The van der Waals surface area contributed by atoms with Gasteiger partial charge >= 0.3 is 0 Å². The van der Waals surface area contributed by atoms with Crippen molar-refractivity contribution in [1.82, 2.24) is 0 Å². The predicted molar refractivity (Wildman–Crippen MR) is 46.4 cm³/mol. The van der Waals surface area contributed by atoms with Crippen LogP contribution >= 0.6 is 0 Å². The normalized spacial score (nSPS) is 16.0. The zero-order valence-electron chi connectivity index (χ0n) is 6.88. The summed E-state index contributed by atoms with van der Waals surface area (Å²) in [6, 6.07) is 0. The van der Waals surface area contributed by atoms with Gasteiger partial charge in [-0.25, -0.2) is 0 Å². The van der Waals surface area contributed by atoms with Crippen LogP contribution in [0.1, 0.15) is 25.7 Å². The van der Waals surface area contributed by atoms with Crippen molar-refractivity contribution in [3.05, 3.63) is 23.8 Å². The lowest BCUT2D eigenvalue weighted by Crippen LogP contribution is -1.97. The molecule has 0 aliphatic heterocycles. The Morgan fingerprint density at radius 3 is 3.00 bits per heavy atom. The minimum absolute atomic E-state index is 0.155. The maximum absolute atomic E-state index is 10.9. The Hall–Kier alpha value is -1.18. The lowest BCUT2D eigenvalue weighted by atomic mass is 10.0. The molecule has 0 amide bonds. The van der Waals surface area contributed by atoms with Crippen LogP contribution in [0.15, 0.2) is 23.8 Å². The molecule has 0 aromatic heterocycles. The van der Waals surface area contributed by atoms with E-state index >= 15 is 0 Å². The molecule has 2 nitrogen and oxygen atoms in total. The van der Waals surface area contributed by atoms with E-state index in [9.17, 15) is 9.59 Å². The average molecular weight is 163 g/mol. The Labute approximate surface area is 72.0 Å². The van der Waals surface area contributed by atoms with Crippen molar-refractivity contribution in [1.29, 1.82) is 0 Å². The number of hydrogen-bond acceptors (Lipinski definition) is 2. The largest absolute Gasteiger partial charge is 0.295 e. The topological polar surface area (TPSA) is 34.1 Å². The molecule has 0 saturated carbocycles. The lowest BCUT2D eigenvalue weighted by Gasteiger charge is -2.03. The Balaban J connectivity index is 2.36. The maximum atomic E-state index is 10.9. The number of carbonyl (C=O) groups is 1. The molecule has 0 bridgehead atoms. The molecule has 0 heterocycles. The van der Waals surface area contributed by atoms with E-state index in [0.717, 1.165) is 18.4 Å². The molecular weight excluding hydrogens is 152 g/mol. The van der Waals surface area contributed by atoms with E-state index in [1.54, 1.807) is 6.08 Å². The number of carbonyl (C=O) groups excluding carboxylic acids is 2. The molecule has 1 aliphatic rings. The summed E-state index contributed by atoms with van der Waals surface area (Å²) in [5, 5.41) is 0. The van der Waals surface area contributed by atoms with Crippen molar-refractivity contribution in [3.8, 4) is 0 Å². The molecule has 0 fully saturated rings. The zero-order valence-corrected chi connectivity index (χ0v) is 6.88. The Kier molecular flexibility index (Phi) is 3.45. The zero-order chi connectivity index (χ0) is 8.81. The van der Waals surface area contributed by atoms with Crippen LogP contribution in [0, 0.1) is 0 Å². The fraction of sp³-hybridized carbons (Fsp3) is 0.400. The second-order valence-electron chi connectivity index (χ2n) is 2.79.